The molecule has 0 atom stereocenters. The van der Waals surface area contributed by atoms with Crippen LogP contribution in [0.4, 0.5) is 16.4 Å². The van der Waals surface area contributed by atoms with Crippen molar-refractivity contribution in [2.75, 3.05) is 9.80 Å². The van der Waals surface area contributed by atoms with Gasteiger partial charge in [0.05, 0.1) is 0 Å². The fraction of sp³-hybridized carbons (Fsp3) is 0.160. The fourth-order valence-corrected chi connectivity index (χ4v) is 3.64. The first-order valence-corrected chi connectivity index (χ1v) is 10.4. The molecule has 160 valence electrons. The molecular formula is C25H22N4O3. The van der Waals surface area contributed by atoms with Gasteiger partial charge in [-0.3, -0.25) is 9.59 Å². The maximum absolute atomic E-state index is 13.4. The van der Waals surface area contributed by atoms with E-state index < -0.39 is 17.8 Å². The van der Waals surface area contributed by atoms with E-state index in [0.29, 0.717) is 5.57 Å². The third-order valence-electron chi connectivity index (χ3n) is 5.27. The van der Waals surface area contributed by atoms with Gasteiger partial charge in [-0.05, 0) is 54.3 Å². The van der Waals surface area contributed by atoms with Gasteiger partial charge < -0.3 is 0 Å². The Bertz CT molecular complexity index is 1130. The van der Waals surface area contributed by atoms with Crippen molar-refractivity contribution in [3.63, 3.8) is 0 Å². The van der Waals surface area contributed by atoms with Crippen LogP contribution < -0.4 is 9.80 Å². The first-order chi connectivity index (χ1) is 15.5. The highest BCUT2D eigenvalue weighted by atomic mass is 16.2. The molecule has 7 nitrogen and oxygen atoms in total. The van der Waals surface area contributed by atoms with Gasteiger partial charge in [0.25, 0.3) is 11.8 Å². The number of nitrogens with zero attached hydrogens (tertiary/aromatic N) is 4. The zero-order valence-electron chi connectivity index (χ0n) is 17.9. The van der Waals surface area contributed by atoms with Crippen LogP contribution in [0.15, 0.2) is 78.6 Å². The first-order valence-electron chi connectivity index (χ1n) is 10.4. The summed E-state index contributed by atoms with van der Waals surface area (Å²) in [4.78, 5) is 50.3. The standard InChI is InChI=1S/C25H22N4O3/c1-3-8-18-11-13-19(14-12-18)17(2)22-23(30)28(20-9-4-6-15-26-20)25(32)29(24(22)31)21-10-5-7-16-27-21/h4-7,9-16H,3,8H2,1-2H3. The van der Waals surface area contributed by atoms with Crippen molar-refractivity contribution in [2.24, 2.45) is 0 Å². The third kappa shape index (κ3) is 3.80. The average Bonchev–Trinajstić information content (AvgIpc) is 2.81. The second kappa shape index (κ2) is 8.93. The summed E-state index contributed by atoms with van der Waals surface area (Å²) in [6.07, 6.45) is 4.94. The molecule has 1 fully saturated rings. The summed E-state index contributed by atoms with van der Waals surface area (Å²) in [6, 6.07) is 16.8. The number of anilines is 2. The molecule has 32 heavy (non-hydrogen) atoms. The van der Waals surface area contributed by atoms with Gasteiger partial charge in [0.1, 0.15) is 17.2 Å². The summed E-state index contributed by atoms with van der Waals surface area (Å²) in [7, 11) is 0. The number of imide groups is 2. The van der Waals surface area contributed by atoms with Gasteiger partial charge in [-0.2, -0.15) is 0 Å². The molecule has 0 radical (unpaired) electrons. The SMILES string of the molecule is CCCc1ccc(C(C)=C2C(=O)N(c3ccccn3)C(=O)N(c3ccccn3)C2=O)cc1. The van der Waals surface area contributed by atoms with Crippen molar-refractivity contribution in [3.8, 4) is 0 Å². The van der Waals surface area contributed by atoms with E-state index in [4.69, 9.17) is 0 Å². The summed E-state index contributed by atoms with van der Waals surface area (Å²) < 4.78 is 0. The number of carbonyl (C=O) groups is 3. The lowest BCUT2D eigenvalue weighted by Crippen LogP contribution is -2.57. The van der Waals surface area contributed by atoms with E-state index in [9.17, 15) is 14.4 Å². The van der Waals surface area contributed by atoms with Gasteiger partial charge in [0, 0.05) is 12.4 Å². The lowest BCUT2D eigenvalue weighted by Gasteiger charge is -2.33. The molecule has 0 N–H and O–H groups in total. The molecule has 1 aromatic carbocycles. The van der Waals surface area contributed by atoms with Gasteiger partial charge in [-0.15, -0.1) is 0 Å². The average molecular weight is 426 g/mol. The number of rotatable bonds is 5. The zero-order chi connectivity index (χ0) is 22.7. The van der Waals surface area contributed by atoms with Crippen LogP contribution in [0.2, 0.25) is 0 Å². The third-order valence-corrected chi connectivity index (χ3v) is 5.27. The van der Waals surface area contributed by atoms with E-state index in [1.165, 1.54) is 18.0 Å². The van der Waals surface area contributed by atoms with E-state index >= 15 is 0 Å². The Kier molecular flexibility index (Phi) is 5.89. The normalized spacial score (nSPS) is 14.2. The number of aryl methyl sites for hydroxylation is 1. The highest BCUT2D eigenvalue weighted by Gasteiger charge is 2.45. The second-order valence-corrected chi connectivity index (χ2v) is 7.39. The maximum Gasteiger partial charge on any atom is 0.345 e. The molecule has 1 saturated heterocycles. The molecule has 3 heterocycles. The van der Waals surface area contributed by atoms with Crippen LogP contribution in [-0.2, 0) is 16.0 Å². The van der Waals surface area contributed by atoms with E-state index in [-0.39, 0.29) is 17.2 Å². The number of amides is 4. The van der Waals surface area contributed by atoms with Crippen molar-refractivity contribution < 1.29 is 14.4 Å². The van der Waals surface area contributed by atoms with Crippen molar-refractivity contribution in [2.45, 2.75) is 26.7 Å². The second-order valence-electron chi connectivity index (χ2n) is 7.39. The summed E-state index contributed by atoms with van der Waals surface area (Å²) in [5, 5.41) is 0. The van der Waals surface area contributed by atoms with Crippen LogP contribution in [0, 0.1) is 0 Å². The molecule has 3 aromatic rings. The summed E-state index contributed by atoms with van der Waals surface area (Å²) in [5.74, 6) is -1.14. The predicted molar refractivity (Wildman–Crippen MR) is 122 cm³/mol. The van der Waals surface area contributed by atoms with Gasteiger partial charge in [-0.25, -0.2) is 24.6 Å². The Morgan fingerprint density at radius 3 is 1.75 bits per heavy atom. The van der Waals surface area contributed by atoms with Crippen LogP contribution in [0.3, 0.4) is 0 Å². The van der Waals surface area contributed by atoms with E-state index in [2.05, 4.69) is 16.9 Å². The van der Waals surface area contributed by atoms with Crippen LogP contribution in [0.5, 0.6) is 0 Å². The molecule has 1 aliphatic rings. The number of hydrogen-bond acceptors (Lipinski definition) is 5. The van der Waals surface area contributed by atoms with E-state index in [0.717, 1.165) is 28.2 Å². The number of allylic oxidation sites excluding steroid dienone is 1. The van der Waals surface area contributed by atoms with Crippen molar-refractivity contribution in [3.05, 3.63) is 89.8 Å². The highest BCUT2D eigenvalue weighted by Crippen LogP contribution is 2.31. The summed E-state index contributed by atoms with van der Waals surface area (Å²) in [5.41, 5.74) is 2.30. The molecule has 1 aliphatic heterocycles. The van der Waals surface area contributed by atoms with Crippen LogP contribution >= 0.6 is 0 Å². The molecule has 0 aliphatic carbocycles. The van der Waals surface area contributed by atoms with Gasteiger partial charge in [0.2, 0.25) is 0 Å². The number of carbonyl (C=O) groups excluding carboxylic acids is 3. The van der Waals surface area contributed by atoms with E-state index in [1.807, 2.05) is 24.3 Å². The molecule has 0 saturated carbocycles. The maximum atomic E-state index is 13.4. The molecule has 7 heteroatoms. The topological polar surface area (TPSA) is 83.5 Å². The van der Waals surface area contributed by atoms with Crippen molar-refractivity contribution in [1.29, 1.82) is 0 Å². The molecule has 0 bridgehead atoms. The molecule has 0 unspecified atom stereocenters. The van der Waals surface area contributed by atoms with Crippen molar-refractivity contribution >= 4 is 35.1 Å². The molecule has 2 aromatic heterocycles. The van der Waals surface area contributed by atoms with Crippen LogP contribution in [-0.4, -0.2) is 27.8 Å². The molecular weight excluding hydrogens is 404 g/mol. The minimum atomic E-state index is -0.813. The lowest BCUT2D eigenvalue weighted by molar-refractivity contribution is -0.121. The highest BCUT2D eigenvalue weighted by molar-refractivity contribution is 6.46. The minimum Gasteiger partial charge on any atom is -0.268 e. The number of hydrogen-bond donors (Lipinski definition) is 0. The Morgan fingerprint density at radius 1 is 0.781 bits per heavy atom. The zero-order valence-corrected chi connectivity index (χ0v) is 17.9. The Labute approximate surface area is 186 Å². The predicted octanol–water partition coefficient (Wildman–Crippen LogP) is 4.40. The minimum absolute atomic E-state index is 0.0934. The first kappa shape index (κ1) is 21.1. The van der Waals surface area contributed by atoms with Crippen molar-refractivity contribution in [1.82, 2.24) is 9.97 Å². The largest absolute Gasteiger partial charge is 0.345 e. The molecule has 0 spiro atoms. The Hall–Kier alpha value is -4.13. The van der Waals surface area contributed by atoms with Crippen LogP contribution in [0.1, 0.15) is 31.4 Å². The smallest absolute Gasteiger partial charge is 0.268 e. The monoisotopic (exact) mass is 426 g/mol. The molecule has 4 rings (SSSR count). The number of benzene rings is 1. The summed E-state index contributed by atoms with van der Waals surface area (Å²) in [6.45, 7) is 3.82. The summed E-state index contributed by atoms with van der Waals surface area (Å²) >= 11 is 0. The van der Waals surface area contributed by atoms with Gasteiger partial charge >= 0.3 is 6.03 Å². The number of barbiturate groups is 1. The van der Waals surface area contributed by atoms with Gasteiger partial charge in [-0.1, -0.05) is 49.7 Å². The quantitative estimate of drug-likeness (QED) is 0.446. The Morgan fingerprint density at radius 2 is 1.31 bits per heavy atom. The number of aromatic nitrogens is 2. The van der Waals surface area contributed by atoms with Crippen LogP contribution in [0.25, 0.3) is 5.57 Å². The Balaban J connectivity index is 1.86. The fourth-order valence-electron chi connectivity index (χ4n) is 3.64. The lowest BCUT2D eigenvalue weighted by atomic mass is 9.96. The number of pyridine rings is 2. The van der Waals surface area contributed by atoms with E-state index in [1.54, 1.807) is 43.3 Å². The van der Waals surface area contributed by atoms with Gasteiger partial charge in [0.15, 0.2) is 0 Å². The number of urea groups is 1. The molecule has 4 amide bonds.